The summed E-state index contributed by atoms with van der Waals surface area (Å²) >= 11 is 5.89. The molecule has 2 bridgehead atoms. The fourth-order valence-electron chi connectivity index (χ4n) is 4.00. The second-order valence-corrected chi connectivity index (χ2v) is 7.20. The molecule has 5 rings (SSSR count). The molecule has 8 heteroatoms. The van der Waals surface area contributed by atoms with Crippen molar-refractivity contribution in [2.24, 2.45) is 17.8 Å². The van der Waals surface area contributed by atoms with E-state index in [0.29, 0.717) is 17.5 Å². The third-order valence-corrected chi connectivity index (χ3v) is 5.50. The molecule has 1 atom stereocenters. The molecule has 3 aliphatic rings. The summed E-state index contributed by atoms with van der Waals surface area (Å²) in [7, 11) is 0. The van der Waals surface area contributed by atoms with Crippen molar-refractivity contribution >= 4 is 23.4 Å². The molecule has 2 aromatic heterocycles. The number of halogens is 2. The molecule has 0 spiro atoms. The summed E-state index contributed by atoms with van der Waals surface area (Å²) in [5.74, 6) is -0.597. The fraction of sp³-hybridized carbons (Fsp3) is 0.444. The van der Waals surface area contributed by atoms with Crippen molar-refractivity contribution in [1.82, 2.24) is 15.0 Å². The molecule has 3 aliphatic carbocycles. The number of nitrogens with zero attached hydrogens (tertiary/aromatic N) is 3. The topological polar surface area (TPSA) is 77.0 Å². The van der Waals surface area contributed by atoms with Gasteiger partial charge in [-0.15, -0.1) is 0 Å². The van der Waals surface area contributed by atoms with Gasteiger partial charge in [0.05, 0.1) is 11.6 Å². The number of pyridine rings is 1. The number of hydrogen-bond acceptors (Lipinski definition) is 6. The van der Waals surface area contributed by atoms with Crippen molar-refractivity contribution in [2.45, 2.75) is 32.1 Å². The molecule has 3 fully saturated rings. The highest BCUT2D eigenvalue weighted by atomic mass is 35.5. The molecule has 2 heterocycles. The summed E-state index contributed by atoms with van der Waals surface area (Å²) in [6.07, 6.45) is 6.86. The molecule has 26 heavy (non-hydrogen) atoms. The summed E-state index contributed by atoms with van der Waals surface area (Å²) in [6.45, 7) is 0. The SMILES string of the molecule is O=C(ONc1nc(Cl)nc(-c2ccccn2)c1F)C1CC2CCC1CC2. The van der Waals surface area contributed by atoms with E-state index in [1.807, 2.05) is 0 Å². The van der Waals surface area contributed by atoms with Crippen LogP contribution in [0.25, 0.3) is 11.4 Å². The van der Waals surface area contributed by atoms with Crippen LogP contribution in [0.5, 0.6) is 0 Å². The molecule has 2 aromatic rings. The van der Waals surface area contributed by atoms with Crippen LogP contribution in [0, 0.1) is 23.6 Å². The lowest BCUT2D eigenvalue weighted by atomic mass is 9.65. The van der Waals surface area contributed by atoms with E-state index in [0.717, 1.165) is 19.3 Å². The highest BCUT2D eigenvalue weighted by molar-refractivity contribution is 6.28. The van der Waals surface area contributed by atoms with Crippen molar-refractivity contribution in [2.75, 3.05) is 5.48 Å². The summed E-state index contributed by atoms with van der Waals surface area (Å²) < 4.78 is 14.7. The summed E-state index contributed by atoms with van der Waals surface area (Å²) in [4.78, 5) is 29.3. The van der Waals surface area contributed by atoms with Gasteiger partial charge in [-0.25, -0.2) is 14.2 Å². The van der Waals surface area contributed by atoms with Crippen LogP contribution in [0.1, 0.15) is 32.1 Å². The van der Waals surface area contributed by atoms with Crippen molar-refractivity contribution in [1.29, 1.82) is 0 Å². The number of aromatic nitrogens is 3. The van der Waals surface area contributed by atoms with Gasteiger partial charge in [-0.05, 0) is 54.8 Å². The van der Waals surface area contributed by atoms with Gasteiger partial charge in [0.15, 0.2) is 5.82 Å². The first-order chi connectivity index (χ1) is 12.6. The van der Waals surface area contributed by atoms with Crippen LogP contribution in [-0.2, 0) is 9.63 Å². The highest BCUT2D eigenvalue weighted by Crippen LogP contribution is 2.45. The third kappa shape index (κ3) is 3.35. The van der Waals surface area contributed by atoms with Gasteiger partial charge >= 0.3 is 5.97 Å². The van der Waals surface area contributed by atoms with Gasteiger partial charge in [0.25, 0.3) is 0 Å². The second kappa shape index (κ2) is 7.15. The minimum absolute atomic E-state index is 0.0547. The van der Waals surface area contributed by atoms with Crippen molar-refractivity contribution in [3.05, 3.63) is 35.5 Å². The predicted molar refractivity (Wildman–Crippen MR) is 93.5 cm³/mol. The zero-order valence-corrected chi connectivity index (χ0v) is 14.7. The van der Waals surface area contributed by atoms with Gasteiger partial charge in [0.2, 0.25) is 11.1 Å². The van der Waals surface area contributed by atoms with E-state index in [4.69, 9.17) is 16.4 Å². The molecular formula is C18H18ClFN4O2. The summed E-state index contributed by atoms with van der Waals surface area (Å²) in [6, 6.07) is 5.03. The van der Waals surface area contributed by atoms with Crippen LogP contribution in [0.15, 0.2) is 24.4 Å². The Kier molecular flexibility index (Phi) is 4.72. The van der Waals surface area contributed by atoms with E-state index < -0.39 is 5.82 Å². The Bertz CT molecular complexity index is 812. The molecule has 0 aromatic carbocycles. The zero-order valence-electron chi connectivity index (χ0n) is 14.0. The smallest absolute Gasteiger partial charge is 0.335 e. The average molecular weight is 377 g/mol. The first kappa shape index (κ1) is 17.1. The van der Waals surface area contributed by atoms with E-state index >= 15 is 0 Å². The first-order valence-corrected chi connectivity index (χ1v) is 9.10. The lowest BCUT2D eigenvalue weighted by Gasteiger charge is -2.40. The van der Waals surface area contributed by atoms with Crippen molar-refractivity contribution < 1.29 is 14.0 Å². The standard InChI is InChI=1S/C18H18ClFN4O2/c19-18-22-15(13-3-1-2-8-21-13)14(20)16(23-18)24-26-17(25)12-9-10-4-6-11(12)7-5-10/h1-3,8,10-12H,4-7,9H2,(H,22,23,24). The second-order valence-electron chi connectivity index (χ2n) is 6.86. The van der Waals surface area contributed by atoms with Gasteiger partial charge < -0.3 is 4.84 Å². The van der Waals surface area contributed by atoms with E-state index in [2.05, 4.69) is 20.4 Å². The molecular weight excluding hydrogens is 359 g/mol. The highest BCUT2D eigenvalue weighted by Gasteiger charge is 2.40. The normalized spacial score (nSPS) is 24.3. The Morgan fingerprint density at radius 3 is 2.69 bits per heavy atom. The van der Waals surface area contributed by atoms with E-state index in [1.165, 1.54) is 19.0 Å². The molecule has 0 amide bonds. The van der Waals surface area contributed by atoms with Gasteiger partial charge in [-0.1, -0.05) is 18.9 Å². The van der Waals surface area contributed by atoms with Crippen LogP contribution < -0.4 is 5.48 Å². The van der Waals surface area contributed by atoms with Gasteiger partial charge in [-0.3, -0.25) is 4.98 Å². The number of anilines is 1. The monoisotopic (exact) mass is 376 g/mol. The molecule has 0 radical (unpaired) electrons. The predicted octanol–water partition coefficient (Wildman–Crippen LogP) is 4.03. The molecule has 1 unspecified atom stereocenters. The first-order valence-electron chi connectivity index (χ1n) is 8.73. The number of carbonyl (C=O) groups excluding carboxylic acids is 1. The Morgan fingerprint density at radius 2 is 2.04 bits per heavy atom. The average Bonchev–Trinajstić information content (AvgIpc) is 2.69. The number of hydrogen-bond donors (Lipinski definition) is 1. The maximum atomic E-state index is 14.7. The van der Waals surface area contributed by atoms with Gasteiger partial charge in [-0.2, -0.15) is 10.5 Å². The Labute approximate surface area is 155 Å². The molecule has 3 saturated carbocycles. The van der Waals surface area contributed by atoms with Crippen LogP contribution in [0.4, 0.5) is 10.2 Å². The van der Waals surface area contributed by atoms with E-state index in [9.17, 15) is 9.18 Å². The number of fused-ring (bicyclic) bond motifs is 3. The quantitative estimate of drug-likeness (QED) is 0.641. The Hall–Kier alpha value is -2.28. The summed E-state index contributed by atoms with van der Waals surface area (Å²) in [5, 5.41) is -0.165. The molecule has 0 saturated heterocycles. The lowest BCUT2D eigenvalue weighted by Crippen LogP contribution is -2.37. The van der Waals surface area contributed by atoms with E-state index in [1.54, 1.807) is 18.2 Å². The minimum atomic E-state index is -0.772. The maximum Gasteiger partial charge on any atom is 0.335 e. The van der Waals surface area contributed by atoms with Gasteiger partial charge in [0.1, 0.15) is 5.69 Å². The summed E-state index contributed by atoms with van der Waals surface area (Å²) in [5.41, 5.74) is 2.59. The fourth-order valence-corrected chi connectivity index (χ4v) is 4.17. The van der Waals surface area contributed by atoms with Crippen LogP contribution in [-0.4, -0.2) is 20.9 Å². The van der Waals surface area contributed by atoms with Crippen molar-refractivity contribution in [3.8, 4) is 11.4 Å². The minimum Gasteiger partial charge on any atom is -0.342 e. The Morgan fingerprint density at radius 1 is 1.23 bits per heavy atom. The van der Waals surface area contributed by atoms with E-state index in [-0.39, 0.29) is 28.7 Å². The lowest BCUT2D eigenvalue weighted by molar-refractivity contribution is -0.151. The maximum absolute atomic E-state index is 14.7. The van der Waals surface area contributed by atoms with Gasteiger partial charge in [0, 0.05) is 6.20 Å². The number of nitrogens with one attached hydrogen (secondary N) is 1. The third-order valence-electron chi connectivity index (χ3n) is 5.33. The molecule has 6 nitrogen and oxygen atoms in total. The Balaban J connectivity index is 1.50. The number of rotatable bonds is 4. The zero-order chi connectivity index (χ0) is 18.1. The van der Waals surface area contributed by atoms with Crippen LogP contribution in [0.2, 0.25) is 5.28 Å². The molecule has 0 aliphatic heterocycles. The van der Waals surface area contributed by atoms with Crippen molar-refractivity contribution in [3.63, 3.8) is 0 Å². The number of carbonyl (C=O) groups is 1. The van der Waals surface area contributed by atoms with Crippen LogP contribution >= 0.6 is 11.6 Å². The largest absolute Gasteiger partial charge is 0.342 e. The molecule has 136 valence electrons. The van der Waals surface area contributed by atoms with Crippen LogP contribution in [0.3, 0.4) is 0 Å². The molecule has 1 N–H and O–H groups in total.